The molecule has 1 heterocycles. The van der Waals surface area contributed by atoms with Gasteiger partial charge < -0.3 is 4.74 Å². The van der Waals surface area contributed by atoms with E-state index in [0.717, 1.165) is 6.42 Å². The summed E-state index contributed by atoms with van der Waals surface area (Å²) in [6.45, 7) is 3.67. The van der Waals surface area contributed by atoms with Gasteiger partial charge in [-0.25, -0.2) is 0 Å². The fourth-order valence-corrected chi connectivity index (χ4v) is 2.21. The summed E-state index contributed by atoms with van der Waals surface area (Å²) in [7, 11) is 0. The van der Waals surface area contributed by atoms with Crippen molar-refractivity contribution in [3.8, 4) is 0 Å². The van der Waals surface area contributed by atoms with E-state index in [2.05, 4.69) is 6.58 Å². The molecule has 0 aromatic heterocycles. The Labute approximate surface area is 72.4 Å². The standard InChI is InChI=1S/C9H13ClO/c1-2-7(10)5-6-3-4-8-9(6)11-8/h2,6-9H,1,3-5H2/t6-,7+,8-,9-/m1/s1. The first-order chi connectivity index (χ1) is 5.31. The predicted molar refractivity (Wildman–Crippen MR) is 45.8 cm³/mol. The molecule has 11 heavy (non-hydrogen) atoms. The summed E-state index contributed by atoms with van der Waals surface area (Å²) in [6.07, 6.45) is 6.55. The Kier molecular flexibility index (Phi) is 1.94. The van der Waals surface area contributed by atoms with E-state index < -0.39 is 0 Å². The SMILES string of the molecule is C=C[C@H](Cl)C[C@H]1CC[C@H]2O[C@H]12. The fourth-order valence-electron chi connectivity index (χ4n) is 1.98. The number of alkyl halides is 1. The van der Waals surface area contributed by atoms with Gasteiger partial charge in [0, 0.05) is 0 Å². The van der Waals surface area contributed by atoms with E-state index in [0.29, 0.717) is 18.1 Å². The van der Waals surface area contributed by atoms with Crippen LogP contribution >= 0.6 is 11.6 Å². The van der Waals surface area contributed by atoms with E-state index in [1.54, 1.807) is 0 Å². The van der Waals surface area contributed by atoms with E-state index in [1.807, 2.05) is 6.08 Å². The van der Waals surface area contributed by atoms with Crippen LogP contribution in [-0.2, 0) is 4.74 Å². The molecule has 1 saturated carbocycles. The molecule has 0 unspecified atom stereocenters. The summed E-state index contributed by atoms with van der Waals surface area (Å²) in [5.41, 5.74) is 0. The molecule has 2 rings (SSSR count). The van der Waals surface area contributed by atoms with Gasteiger partial charge in [-0.2, -0.15) is 0 Å². The van der Waals surface area contributed by atoms with Crippen LogP contribution in [0, 0.1) is 5.92 Å². The van der Waals surface area contributed by atoms with Crippen molar-refractivity contribution in [2.75, 3.05) is 0 Å². The Morgan fingerprint density at radius 1 is 1.64 bits per heavy atom. The Morgan fingerprint density at radius 2 is 2.45 bits per heavy atom. The van der Waals surface area contributed by atoms with Crippen molar-refractivity contribution in [2.45, 2.75) is 36.8 Å². The van der Waals surface area contributed by atoms with Gasteiger partial charge in [-0.15, -0.1) is 18.2 Å². The topological polar surface area (TPSA) is 12.5 Å². The predicted octanol–water partition coefficient (Wildman–Crippen LogP) is 2.35. The molecule has 0 radical (unpaired) electrons. The van der Waals surface area contributed by atoms with Crippen molar-refractivity contribution in [1.82, 2.24) is 0 Å². The van der Waals surface area contributed by atoms with Crippen molar-refractivity contribution in [2.24, 2.45) is 5.92 Å². The summed E-state index contributed by atoms with van der Waals surface area (Å²) < 4.78 is 5.42. The third-order valence-electron chi connectivity index (χ3n) is 2.69. The van der Waals surface area contributed by atoms with E-state index in [9.17, 15) is 0 Å². The van der Waals surface area contributed by atoms with E-state index in [1.165, 1.54) is 12.8 Å². The van der Waals surface area contributed by atoms with E-state index >= 15 is 0 Å². The molecule has 0 spiro atoms. The highest BCUT2D eigenvalue weighted by Crippen LogP contribution is 2.45. The van der Waals surface area contributed by atoms with Crippen LogP contribution in [0.3, 0.4) is 0 Å². The maximum absolute atomic E-state index is 5.96. The van der Waals surface area contributed by atoms with Crippen LogP contribution in [0.25, 0.3) is 0 Å². The fraction of sp³-hybridized carbons (Fsp3) is 0.778. The van der Waals surface area contributed by atoms with Crippen molar-refractivity contribution in [3.05, 3.63) is 12.7 Å². The second-order valence-corrected chi connectivity index (χ2v) is 4.02. The number of epoxide rings is 1. The summed E-state index contributed by atoms with van der Waals surface area (Å²) in [6, 6.07) is 0. The molecule has 1 aliphatic heterocycles. The molecule has 0 N–H and O–H groups in total. The lowest BCUT2D eigenvalue weighted by molar-refractivity contribution is 0.259. The van der Waals surface area contributed by atoms with Crippen LogP contribution in [0.5, 0.6) is 0 Å². The first kappa shape index (κ1) is 7.63. The molecule has 0 aromatic rings. The number of fused-ring (bicyclic) bond motifs is 1. The third kappa shape index (κ3) is 1.45. The lowest BCUT2D eigenvalue weighted by Gasteiger charge is -2.11. The molecule has 2 fully saturated rings. The largest absolute Gasteiger partial charge is 0.369 e. The third-order valence-corrected chi connectivity index (χ3v) is 3.05. The van der Waals surface area contributed by atoms with Crippen LogP contribution in [0.15, 0.2) is 12.7 Å². The molecular weight excluding hydrogens is 160 g/mol. The highest BCUT2D eigenvalue weighted by molar-refractivity contribution is 6.21. The van der Waals surface area contributed by atoms with Gasteiger partial charge in [-0.05, 0) is 25.2 Å². The molecule has 0 bridgehead atoms. The van der Waals surface area contributed by atoms with Gasteiger partial charge in [0.2, 0.25) is 0 Å². The molecule has 1 aliphatic carbocycles. The molecule has 2 aliphatic rings. The van der Waals surface area contributed by atoms with E-state index in [-0.39, 0.29) is 5.38 Å². The van der Waals surface area contributed by atoms with Gasteiger partial charge in [0.1, 0.15) is 0 Å². The Hall–Kier alpha value is -0.0100. The van der Waals surface area contributed by atoms with Crippen LogP contribution in [0.2, 0.25) is 0 Å². The first-order valence-corrected chi connectivity index (χ1v) is 4.67. The molecule has 2 heteroatoms. The van der Waals surface area contributed by atoms with Crippen molar-refractivity contribution >= 4 is 11.6 Å². The minimum absolute atomic E-state index is 0.142. The van der Waals surface area contributed by atoms with E-state index in [4.69, 9.17) is 16.3 Å². The smallest absolute Gasteiger partial charge is 0.0870 e. The molecule has 4 atom stereocenters. The highest BCUT2D eigenvalue weighted by atomic mass is 35.5. The number of ether oxygens (including phenoxy) is 1. The van der Waals surface area contributed by atoms with Crippen LogP contribution in [-0.4, -0.2) is 17.6 Å². The van der Waals surface area contributed by atoms with Gasteiger partial charge >= 0.3 is 0 Å². The molecular formula is C9H13ClO. The number of rotatable bonds is 3. The minimum Gasteiger partial charge on any atom is -0.369 e. The van der Waals surface area contributed by atoms with Crippen molar-refractivity contribution in [1.29, 1.82) is 0 Å². The Morgan fingerprint density at radius 3 is 2.91 bits per heavy atom. The highest BCUT2D eigenvalue weighted by Gasteiger charge is 2.49. The van der Waals surface area contributed by atoms with Gasteiger partial charge in [-0.3, -0.25) is 0 Å². The number of allylic oxidation sites excluding steroid dienone is 1. The van der Waals surface area contributed by atoms with Crippen LogP contribution in [0.4, 0.5) is 0 Å². The summed E-state index contributed by atoms with van der Waals surface area (Å²) in [4.78, 5) is 0. The van der Waals surface area contributed by atoms with Crippen LogP contribution in [0.1, 0.15) is 19.3 Å². The quantitative estimate of drug-likeness (QED) is 0.362. The van der Waals surface area contributed by atoms with Crippen LogP contribution < -0.4 is 0 Å². The van der Waals surface area contributed by atoms with Crippen molar-refractivity contribution in [3.63, 3.8) is 0 Å². The van der Waals surface area contributed by atoms with Gasteiger partial charge in [0.25, 0.3) is 0 Å². The number of halogens is 1. The lowest BCUT2D eigenvalue weighted by Crippen LogP contribution is -2.09. The van der Waals surface area contributed by atoms with Gasteiger partial charge in [0.05, 0.1) is 17.6 Å². The Bertz CT molecular complexity index is 169. The lowest BCUT2D eigenvalue weighted by atomic mass is 10.0. The summed E-state index contributed by atoms with van der Waals surface area (Å²) >= 11 is 5.96. The second-order valence-electron chi connectivity index (χ2n) is 3.46. The second kappa shape index (κ2) is 2.80. The zero-order valence-electron chi connectivity index (χ0n) is 6.50. The molecule has 1 nitrogen and oxygen atoms in total. The first-order valence-electron chi connectivity index (χ1n) is 4.23. The maximum atomic E-state index is 5.96. The summed E-state index contributed by atoms with van der Waals surface area (Å²) in [5, 5.41) is 0.142. The molecule has 0 amide bonds. The maximum Gasteiger partial charge on any atom is 0.0870 e. The van der Waals surface area contributed by atoms with Gasteiger partial charge in [0.15, 0.2) is 0 Å². The average Bonchev–Trinajstić information content (AvgIpc) is 2.70. The van der Waals surface area contributed by atoms with Crippen molar-refractivity contribution < 1.29 is 4.74 Å². The number of hydrogen-bond donors (Lipinski definition) is 0. The zero-order chi connectivity index (χ0) is 7.84. The molecule has 1 saturated heterocycles. The Balaban J connectivity index is 1.82. The zero-order valence-corrected chi connectivity index (χ0v) is 7.26. The molecule has 62 valence electrons. The van der Waals surface area contributed by atoms with Gasteiger partial charge in [-0.1, -0.05) is 6.08 Å². The summed E-state index contributed by atoms with van der Waals surface area (Å²) in [5.74, 6) is 0.709. The minimum atomic E-state index is 0.142. The number of hydrogen-bond acceptors (Lipinski definition) is 1. The average molecular weight is 173 g/mol. The normalized spacial score (nSPS) is 43.2. The monoisotopic (exact) mass is 172 g/mol. The molecule has 0 aromatic carbocycles.